The Labute approximate surface area is 121 Å². The summed E-state index contributed by atoms with van der Waals surface area (Å²) in [5, 5.41) is 20.8. The van der Waals surface area contributed by atoms with Crippen molar-refractivity contribution < 1.29 is 4.74 Å². The van der Waals surface area contributed by atoms with Gasteiger partial charge in [0, 0.05) is 18.0 Å². The minimum atomic E-state index is -0.230. The Hall–Kier alpha value is -3.38. The number of pyridine rings is 1. The molecule has 0 amide bonds. The second kappa shape index (κ2) is 7.27. The van der Waals surface area contributed by atoms with Crippen LogP contribution >= 0.6 is 0 Å². The maximum absolute atomic E-state index is 8.56. The second-order valence-corrected chi connectivity index (χ2v) is 3.97. The van der Waals surface area contributed by atoms with E-state index in [4.69, 9.17) is 15.3 Å². The van der Waals surface area contributed by atoms with Crippen molar-refractivity contribution in [3.8, 4) is 17.9 Å². The number of anilines is 1. The maximum Gasteiger partial charge on any atom is 0.237 e. The van der Waals surface area contributed by atoms with Crippen LogP contribution in [0, 0.1) is 22.7 Å². The molecule has 21 heavy (non-hydrogen) atoms. The van der Waals surface area contributed by atoms with E-state index >= 15 is 0 Å². The lowest BCUT2D eigenvalue weighted by Gasteiger charge is -2.06. The smallest absolute Gasteiger partial charge is 0.237 e. The number of benzene rings is 1. The van der Waals surface area contributed by atoms with Gasteiger partial charge in [0.2, 0.25) is 5.71 Å². The lowest BCUT2D eigenvalue weighted by Crippen LogP contribution is -1.97. The van der Waals surface area contributed by atoms with Crippen LogP contribution < -0.4 is 10.2 Å². The third-order valence-electron chi connectivity index (χ3n) is 2.49. The highest BCUT2D eigenvalue weighted by molar-refractivity contribution is 6.10. The normalized spacial score (nSPS) is 9.05. The van der Waals surface area contributed by atoms with Crippen LogP contribution in [-0.2, 0) is 6.61 Å². The molecule has 0 aliphatic rings. The highest BCUT2D eigenvalue weighted by atomic mass is 16.5. The lowest BCUT2D eigenvalue weighted by atomic mass is 10.3. The fraction of sp³-hybridized carbons (Fsp3) is 0.0667. The molecule has 0 fully saturated rings. The van der Waals surface area contributed by atoms with Crippen LogP contribution in [0.3, 0.4) is 0 Å². The van der Waals surface area contributed by atoms with Crippen LogP contribution in [0.5, 0.6) is 5.75 Å². The molecule has 6 nitrogen and oxygen atoms in total. The molecule has 0 saturated heterocycles. The molecule has 0 spiro atoms. The highest BCUT2D eigenvalue weighted by Crippen LogP contribution is 2.16. The molecule has 0 aliphatic carbocycles. The van der Waals surface area contributed by atoms with Gasteiger partial charge in [0.1, 0.15) is 24.5 Å². The third kappa shape index (κ3) is 4.34. The quantitative estimate of drug-likeness (QED) is 0.669. The average Bonchev–Trinajstić information content (AvgIpc) is 2.56. The number of nitrogens with one attached hydrogen (secondary N) is 1. The van der Waals surface area contributed by atoms with Crippen molar-refractivity contribution in [3.05, 3.63) is 54.4 Å². The first-order chi connectivity index (χ1) is 10.3. The predicted molar refractivity (Wildman–Crippen MR) is 77.3 cm³/mol. The first-order valence-electron chi connectivity index (χ1n) is 6.07. The Kier molecular flexibility index (Phi) is 4.86. The molecule has 1 aromatic heterocycles. The number of nitriles is 2. The molecular formula is C15H11N5O. The SMILES string of the molecule is N#CC(C#N)=NNc1ccc(OCc2cccnc2)cc1. The van der Waals surface area contributed by atoms with E-state index in [2.05, 4.69) is 15.5 Å². The number of hydrogen-bond acceptors (Lipinski definition) is 6. The van der Waals surface area contributed by atoms with Gasteiger partial charge in [-0.3, -0.25) is 10.4 Å². The molecule has 2 aromatic rings. The van der Waals surface area contributed by atoms with Gasteiger partial charge in [-0.05, 0) is 30.3 Å². The van der Waals surface area contributed by atoms with Crippen LogP contribution in [0.1, 0.15) is 5.56 Å². The van der Waals surface area contributed by atoms with Crippen molar-refractivity contribution in [3.63, 3.8) is 0 Å². The zero-order valence-corrected chi connectivity index (χ0v) is 11.0. The molecule has 1 aromatic carbocycles. The summed E-state index contributed by atoms with van der Waals surface area (Å²) in [6.07, 6.45) is 3.46. The van der Waals surface area contributed by atoms with Crippen molar-refractivity contribution in [2.24, 2.45) is 5.10 Å². The molecule has 0 saturated carbocycles. The molecule has 102 valence electrons. The van der Waals surface area contributed by atoms with Crippen LogP contribution in [0.2, 0.25) is 0 Å². The minimum Gasteiger partial charge on any atom is -0.489 e. The van der Waals surface area contributed by atoms with Crippen molar-refractivity contribution in [2.45, 2.75) is 6.61 Å². The van der Waals surface area contributed by atoms with Gasteiger partial charge in [0.25, 0.3) is 0 Å². The monoisotopic (exact) mass is 277 g/mol. The predicted octanol–water partition coefficient (Wildman–Crippen LogP) is 2.48. The molecule has 0 atom stereocenters. The molecule has 2 rings (SSSR count). The molecule has 0 unspecified atom stereocenters. The van der Waals surface area contributed by atoms with Crippen LogP contribution in [0.25, 0.3) is 0 Å². The average molecular weight is 277 g/mol. The van der Waals surface area contributed by atoms with E-state index in [1.807, 2.05) is 12.1 Å². The minimum absolute atomic E-state index is 0.230. The van der Waals surface area contributed by atoms with E-state index in [0.717, 1.165) is 5.56 Å². The number of hydrogen-bond donors (Lipinski definition) is 1. The van der Waals surface area contributed by atoms with Gasteiger partial charge in [-0.25, -0.2) is 0 Å². The van der Waals surface area contributed by atoms with Crippen LogP contribution in [-0.4, -0.2) is 10.7 Å². The van der Waals surface area contributed by atoms with Crippen molar-refractivity contribution in [1.82, 2.24) is 4.98 Å². The number of rotatable bonds is 5. The number of ether oxygens (including phenoxy) is 1. The Morgan fingerprint density at radius 1 is 1.19 bits per heavy atom. The van der Waals surface area contributed by atoms with Crippen LogP contribution in [0.15, 0.2) is 53.9 Å². The molecule has 0 radical (unpaired) electrons. The first-order valence-corrected chi connectivity index (χ1v) is 6.07. The largest absolute Gasteiger partial charge is 0.489 e. The van der Waals surface area contributed by atoms with E-state index in [1.54, 1.807) is 48.8 Å². The summed E-state index contributed by atoms with van der Waals surface area (Å²) in [7, 11) is 0. The van der Waals surface area contributed by atoms with Crippen molar-refractivity contribution in [2.75, 3.05) is 5.43 Å². The summed E-state index contributed by atoms with van der Waals surface area (Å²) in [6, 6.07) is 14.2. The van der Waals surface area contributed by atoms with E-state index in [9.17, 15) is 0 Å². The van der Waals surface area contributed by atoms with Gasteiger partial charge in [-0.1, -0.05) is 6.07 Å². The van der Waals surface area contributed by atoms with Gasteiger partial charge in [-0.2, -0.15) is 15.6 Å². The van der Waals surface area contributed by atoms with Gasteiger partial charge >= 0.3 is 0 Å². The van der Waals surface area contributed by atoms with E-state index in [-0.39, 0.29) is 5.71 Å². The molecule has 0 bridgehead atoms. The standard InChI is InChI=1S/C15H11N5O/c16-8-14(9-17)20-19-13-3-5-15(6-4-13)21-11-12-2-1-7-18-10-12/h1-7,10,19H,11H2. The Bertz CT molecular complexity index is 680. The van der Waals surface area contributed by atoms with Gasteiger partial charge in [0.15, 0.2) is 0 Å². The van der Waals surface area contributed by atoms with Gasteiger partial charge in [-0.15, -0.1) is 0 Å². The summed E-state index contributed by atoms with van der Waals surface area (Å²) in [5.74, 6) is 0.703. The summed E-state index contributed by atoms with van der Waals surface area (Å²) in [4.78, 5) is 4.01. The highest BCUT2D eigenvalue weighted by Gasteiger charge is 1.98. The Morgan fingerprint density at radius 2 is 1.95 bits per heavy atom. The van der Waals surface area contributed by atoms with Crippen molar-refractivity contribution in [1.29, 1.82) is 10.5 Å². The summed E-state index contributed by atoms with van der Waals surface area (Å²) in [5.41, 5.74) is 4.04. The molecule has 1 N–H and O–H groups in total. The maximum atomic E-state index is 8.56. The fourth-order valence-corrected chi connectivity index (χ4v) is 1.47. The molecule has 0 aliphatic heterocycles. The van der Waals surface area contributed by atoms with E-state index < -0.39 is 0 Å². The second-order valence-electron chi connectivity index (χ2n) is 3.97. The zero-order valence-electron chi connectivity index (χ0n) is 11.0. The van der Waals surface area contributed by atoms with Crippen LogP contribution in [0.4, 0.5) is 5.69 Å². The fourth-order valence-electron chi connectivity index (χ4n) is 1.47. The number of aromatic nitrogens is 1. The summed E-state index contributed by atoms with van der Waals surface area (Å²) < 4.78 is 5.61. The van der Waals surface area contributed by atoms with E-state index in [0.29, 0.717) is 18.0 Å². The molecular weight excluding hydrogens is 266 g/mol. The zero-order chi connectivity index (χ0) is 14.9. The Morgan fingerprint density at radius 3 is 2.57 bits per heavy atom. The summed E-state index contributed by atoms with van der Waals surface area (Å²) in [6.45, 7) is 0.436. The van der Waals surface area contributed by atoms with Gasteiger partial charge < -0.3 is 4.74 Å². The van der Waals surface area contributed by atoms with E-state index in [1.165, 1.54) is 0 Å². The summed E-state index contributed by atoms with van der Waals surface area (Å²) >= 11 is 0. The number of hydrazone groups is 1. The third-order valence-corrected chi connectivity index (χ3v) is 2.49. The van der Waals surface area contributed by atoms with Crippen molar-refractivity contribution >= 4 is 11.4 Å². The Balaban J connectivity index is 1.92. The van der Waals surface area contributed by atoms with Gasteiger partial charge in [0.05, 0.1) is 5.69 Å². The molecule has 6 heteroatoms. The lowest BCUT2D eigenvalue weighted by molar-refractivity contribution is 0.306. The molecule has 1 heterocycles. The first kappa shape index (κ1) is 14.0. The topological polar surface area (TPSA) is 94.1 Å². The number of nitrogens with zero attached hydrogens (tertiary/aromatic N) is 4.